The quantitative estimate of drug-likeness (QED) is 0.270. The Hall–Kier alpha value is -3.42. The smallest absolute Gasteiger partial charge is 0.489 e. The third kappa shape index (κ3) is 6.91. The van der Waals surface area contributed by atoms with E-state index in [9.17, 15) is 5.02 Å². The van der Waals surface area contributed by atoms with Crippen molar-refractivity contribution in [2.75, 3.05) is 13.2 Å². The maximum Gasteiger partial charge on any atom is 0.495 e. The van der Waals surface area contributed by atoms with E-state index in [1.54, 1.807) is 0 Å². The Bertz CT molecular complexity index is 1230. The van der Waals surface area contributed by atoms with Crippen molar-refractivity contribution in [1.29, 1.82) is 0 Å². The molecule has 0 radical (unpaired) electrons. The zero-order valence-corrected chi connectivity index (χ0v) is 21.8. The molecule has 6 heteroatoms. The molecule has 0 spiro atoms. The monoisotopic (exact) mass is 507 g/mol. The van der Waals surface area contributed by atoms with Gasteiger partial charge in [0, 0.05) is 25.1 Å². The van der Waals surface area contributed by atoms with Gasteiger partial charge in [-0.05, 0) is 35.2 Å². The molecular formula is C32H34BNO4. The summed E-state index contributed by atoms with van der Waals surface area (Å²) in [6.07, 6.45) is -0.440. The van der Waals surface area contributed by atoms with Crippen LogP contribution in [0.2, 0.25) is 0 Å². The van der Waals surface area contributed by atoms with Crippen molar-refractivity contribution in [3.63, 3.8) is 0 Å². The molecule has 1 aliphatic rings. The van der Waals surface area contributed by atoms with Gasteiger partial charge in [-0.2, -0.15) is 0 Å². The van der Waals surface area contributed by atoms with Crippen LogP contribution in [0.4, 0.5) is 0 Å². The summed E-state index contributed by atoms with van der Waals surface area (Å²) in [5, 5.41) is 10.9. The molecular weight excluding hydrogens is 473 g/mol. The highest BCUT2D eigenvalue weighted by Crippen LogP contribution is 2.30. The summed E-state index contributed by atoms with van der Waals surface area (Å²) >= 11 is 0. The van der Waals surface area contributed by atoms with E-state index in [0.717, 1.165) is 24.2 Å². The van der Waals surface area contributed by atoms with Gasteiger partial charge in [-0.3, -0.25) is 4.90 Å². The lowest BCUT2D eigenvalue weighted by Crippen LogP contribution is -2.32. The fourth-order valence-corrected chi connectivity index (χ4v) is 4.92. The van der Waals surface area contributed by atoms with Crippen LogP contribution in [0.15, 0.2) is 109 Å². The highest BCUT2D eigenvalue weighted by molar-refractivity contribution is 6.62. The molecule has 5 nitrogen and oxygen atoms in total. The average molecular weight is 507 g/mol. The first kappa shape index (κ1) is 26.2. The zero-order valence-electron chi connectivity index (χ0n) is 21.8. The first-order valence-electron chi connectivity index (χ1n) is 13.2. The number of hydrogen-bond acceptors (Lipinski definition) is 5. The Balaban J connectivity index is 1.27. The second-order valence-electron chi connectivity index (χ2n) is 9.81. The third-order valence-corrected chi connectivity index (χ3v) is 6.70. The maximum atomic E-state index is 10.9. The largest absolute Gasteiger partial charge is 0.495 e. The van der Waals surface area contributed by atoms with Crippen molar-refractivity contribution in [2.45, 2.75) is 38.8 Å². The summed E-state index contributed by atoms with van der Waals surface area (Å²) in [7, 11) is -1.03. The molecule has 4 aromatic rings. The molecule has 0 bridgehead atoms. The van der Waals surface area contributed by atoms with E-state index < -0.39 is 7.12 Å². The molecule has 38 heavy (non-hydrogen) atoms. The van der Waals surface area contributed by atoms with Crippen LogP contribution in [0.3, 0.4) is 0 Å². The second-order valence-corrected chi connectivity index (χ2v) is 9.81. The van der Waals surface area contributed by atoms with E-state index in [1.165, 1.54) is 11.1 Å². The van der Waals surface area contributed by atoms with Crippen LogP contribution in [0.5, 0.6) is 5.75 Å². The zero-order chi connectivity index (χ0) is 26.2. The number of rotatable bonds is 12. The molecule has 1 aliphatic heterocycles. The number of ether oxygens (including phenoxy) is 2. The molecule has 1 unspecified atom stereocenters. The minimum atomic E-state index is -1.03. The first-order valence-corrected chi connectivity index (χ1v) is 13.2. The van der Waals surface area contributed by atoms with Crippen molar-refractivity contribution < 1.29 is 19.2 Å². The molecule has 5 rings (SSSR count). The van der Waals surface area contributed by atoms with Crippen molar-refractivity contribution in [1.82, 2.24) is 4.90 Å². The molecule has 1 N–H and O–H groups in total. The number of nitrogens with zero attached hydrogens (tertiary/aromatic N) is 1. The highest BCUT2D eigenvalue weighted by Gasteiger charge is 2.39. The van der Waals surface area contributed by atoms with Crippen molar-refractivity contribution in [3.05, 3.63) is 131 Å². The summed E-state index contributed by atoms with van der Waals surface area (Å²) in [6, 6.07) is 36.9. The van der Waals surface area contributed by atoms with Gasteiger partial charge in [0.25, 0.3) is 0 Å². The van der Waals surface area contributed by atoms with Gasteiger partial charge in [0.1, 0.15) is 11.9 Å². The van der Waals surface area contributed by atoms with Crippen LogP contribution >= 0.6 is 0 Å². The van der Waals surface area contributed by atoms with Crippen LogP contribution in [0, 0.1) is 0 Å². The van der Waals surface area contributed by atoms with Crippen molar-refractivity contribution >= 4 is 12.6 Å². The number of fused-ring (bicyclic) bond motifs is 1. The van der Waals surface area contributed by atoms with E-state index in [2.05, 4.69) is 53.4 Å². The first-order chi connectivity index (χ1) is 18.7. The van der Waals surface area contributed by atoms with Crippen LogP contribution in [0.1, 0.15) is 35.3 Å². The molecule has 0 fully saturated rings. The van der Waals surface area contributed by atoms with Gasteiger partial charge in [-0.25, -0.2) is 0 Å². The minimum absolute atomic E-state index is 0.177. The highest BCUT2D eigenvalue weighted by atomic mass is 16.5. The Morgan fingerprint density at radius 3 is 1.97 bits per heavy atom. The van der Waals surface area contributed by atoms with Crippen LogP contribution in [-0.2, 0) is 29.1 Å². The predicted octanol–water partition coefficient (Wildman–Crippen LogP) is 5.13. The molecule has 194 valence electrons. The topological polar surface area (TPSA) is 51.2 Å². The number of hydrogen-bond donors (Lipinski definition) is 1. The lowest BCUT2D eigenvalue weighted by molar-refractivity contribution is 0.0497. The fourth-order valence-electron chi connectivity index (χ4n) is 4.92. The summed E-state index contributed by atoms with van der Waals surface area (Å²) in [5.74, 6) is 0.644. The molecule has 0 saturated heterocycles. The van der Waals surface area contributed by atoms with Gasteiger partial charge in [-0.15, -0.1) is 0 Å². The average Bonchev–Trinajstić information content (AvgIpc) is 3.26. The Morgan fingerprint density at radius 1 is 0.789 bits per heavy atom. The second kappa shape index (κ2) is 12.9. The lowest BCUT2D eigenvalue weighted by Gasteiger charge is -2.26. The Kier molecular flexibility index (Phi) is 8.89. The maximum absolute atomic E-state index is 10.9. The van der Waals surface area contributed by atoms with E-state index in [-0.39, 0.29) is 12.2 Å². The van der Waals surface area contributed by atoms with Crippen molar-refractivity contribution in [2.24, 2.45) is 0 Å². The predicted molar refractivity (Wildman–Crippen MR) is 151 cm³/mol. The van der Waals surface area contributed by atoms with E-state index >= 15 is 0 Å². The van der Waals surface area contributed by atoms with Gasteiger partial charge < -0.3 is 19.2 Å². The summed E-state index contributed by atoms with van der Waals surface area (Å²) in [5.41, 5.74) is 5.29. The number of benzene rings is 4. The summed E-state index contributed by atoms with van der Waals surface area (Å²) in [6.45, 7) is 5.17. The van der Waals surface area contributed by atoms with Gasteiger partial charge in [-0.1, -0.05) is 103 Å². The molecule has 1 heterocycles. The Labute approximate surface area is 225 Å². The van der Waals surface area contributed by atoms with E-state index in [0.29, 0.717) is 31.0 Å². The van der Waals surface area contributed by atoms with Gasteiger partial charge in [0.2, 0.25) is 0 Å². The Morgan fingerprint density at radius 2 is 1.37 bits per heavy atom. The molecule has 0 aliphatic carbocycles. The van der Waals surface area contributed by atoms with Crippen LogP contribution < -0.4 is 10.2 Å². The molecule has 4 aromatic carbocycles. The summed E-state index contributed by atoms with van der Waals surface area (Å²) < 4.78 is 18.2. The standard InChI is InChI=1S/C32H34BNO4/c1-25(23-36-24-28-16-9-4-10-17-28)37-30-19-11-18-29-31(38-33(35)32(29)30)22-34(20-26-12-5-2-6-13-26)21-27-14-7-3-8-15-27/h2-19,25,31,35H,20-24H2,1H3/t25?,31-/m1/s1. The normalized spacial score (nSPS) is 15.4. The molecule has 2 atom stereocenters. The van der Waals surface area contributed by atoms with Gasteiger partial charge >= 0.3 is 7.12 Å². The SMILES string of the molecule is CC(COCc1ccccc1)Oc1cccc2c1B(O)O[C@@H]2CN(Cc1ccccc1)Cc1ccccc1. The van der Waals surface area contributed by atoms with Crippen LogP contribution in [0.25, 0.3) is 0 Å². The minimum Gasteiger partial charge on any atom is -0.489 e. The molecule has 0 saturated carbocycles. The van der Waals surface area contributed by atoms with Crippen molar-refractivity contribution in [3.8, 4) is 5.75 Å². The van der Waals surface area contributed by atoms with Crippen LogP contribution in [-0.4, -0.2) is 36.3 Å². The lowest BCUT2D eigenvalue weighted by atomic mass is 9.78. The van der Waals surface area contributed by atoms with Gasteiger partial charge in [0.05, 0.1) is 19.3 Å². The summed E-state index contributed by atoms with van der Waals surface area (Å²) in [4.78, 5) is 2.37. The van der Waals surface area contributed by atoms with E-state index in [1.807, 2.05) is 67.6 Å². The fraction of sp³-hybridized carbons (Fsp3) is 0.250. The van der Waals surface area contributed by atoms with E-state index in [4.69, 9.17) is 14.1 Å². The molecule has 0 aromatic heterocycles. The third-order valence-electron chi connectivity index (χ3n) is 6.70. The molecule has 0 amide bonds. The van der Waals surface area contributed by atoms with Gasteiger partial charge in [0.15, 0.2) is 0 Å².